The van der Waals surface area contributed by atoms with Crippen molar-refractivity contribution in [3.05, 3.63) is 29.3 Å². The number of benzene rings is 1. The molecule has 19 heavy (non-hydrogen) atoms. The topological polar surface area (TPSA) is 50.4 Å². The monoisotopic (exact) mass is 306 g/mol. The van der Waals surface area contributed by atoms with Gasteiger partial charge in [0.05, 0.1) is 6.54 Å². The molecule has 1 amide bonds. The Bertz CT molecular complexity index is 371. The van der Waals surface area contributed by atoms with Gasteiger partial charge in [-0.25, -0.2) is 0 Å². The van der Waals surface area contributed by atoms with Crippen LogP contribution in [0.15, 0.2) is 24.3 Å². The van der Waals surface area contributed by atoms with Gasteiger partial charge in [-0.1, -0.05) is 11.6 Å². The van der Waals surface area contributed by atoms with Crippen molar-refractivity contribution in [2.24, 2.45) is 0 Å². The van der Waals surface area contributed by atoms with Crippen molar-refractivity contribution in [1.29, 1.82) is 0 Å². The van der Waals surface area contributed by atoms with Gasteiger partial charge in [0.2, 0.25) is 5.91 Å². The van der Waals surface area contributed by atoms with Crippen molar-refractivity contribution in [2.45, 2.75) is 19.4 Å². The Morgan fingerprint density at radius 2 is 2.00 bits per heavy atom. The lowest BCUT2D eigenvalue weighted by atomic mass is 10.3. The Morgan fingerprint density at radius 1 is 1.37 bits per heavy atom. The Balaban J connectivity index is 0.00000324. The molecule has 1 aromatic carbocycles. The molecule has 0 aliphatic rings. The summed E-state index contributed by atoms with van der Waals surface area (Å²) in [7, 11) is 1.82. The Hall–Kier alpha value is -0.970. The summed E-state index contributed by atoms with van der Waals surface area (Å²) in [5.41, 5.74) is 0. The van der Waals surface area contributed by atoms with Gasteiger partial charge in [-0.15, -0.1) is 12.4 Å². The first-order chi connectivity index (χ1) is 8.61. The highest BCUT2D eigenvalue weighted by molar-refractivity contribution is 6.30. The molecule has 0 aliphatic heterocycles. The predicted molar refractivity (Wildman–Crippen MR) is 80.3 cm³/mol. The Kier molecular flexibility index (Phi) is 9.39. The van der Waals surface area contributed by atoms with E-state index in [0.29, 0.717) is 24.5 Å². The number of carbonyl (C=O) groups is 1. The molecule has 108 valence electrons. The maximum Gasteiger partial charge on any atom is 0.221 e. The standard InChI is InChI=1S/C13H19ClN2O2.ClH/c1-10(9-16-13(17)7-8-15-2)18-12-5-3-11(14)4-6-12;/h3-6,10,15H,7-9H2,1-2H3,(H,16,17);1H. The van der Waals surface area contributed by atoms with Crippen molar-refractivity contribution in [1.82, 2.24) is 10.6 Å². The Labute approximate surface area is 125 Å². The number of hydrogen-bond acceptors (Lipinski definition) is 3. The average Bonchev–Trinajstić information content (AvgIpc) is 2.36. The maximum absolute atomic E-state index is 11.4. The Morgan fingerprint density at radius 3 is 2.58 bits per heavy atom. The number of ether oxygens (including phenoxy) is 1. The van der Waals surface area contributed by atoms with Crippen LogP contribution in [-0.2, 0) is 4.79 Å². The third kappa shape index (κ3) is 7.93. The van der Waals surface area contributed by atoms with Crippen LogP contribution in [0.3, 0.4) is 0 Å². The molecule has 2 N–H and O–H groups in total. The van der Waals surface area contributed by atoms with Crippen LogP contribution in [0.1, 0.15) is 13.3 Å². The molecule has 0 aliphatic carbocycles. The molecule has 4 nitrogen and oxygen atoms in total. The molecule has 0 spiro atoms. The van der Waals surface area contributed by atoms with Gasteiger partial charge in [-0.05, 0) is 38.2 Å². The molecule has 0 fully saturated rings. The van der Waals surface area contributed by atoms with E-state index in [4.69, 9.17) is 16.3 Å². The summed E-state index contributed by atoms with van der Waals surface area (Å²) in [6.07, 6.45) is 0.397. The van der Waals surface area contributed by atoms with Crippen LogP contribution in [0.25, 0.3) is 0 Å². The molecule has 1 unspecified atom stereocenters. The highest BCUT2D eigenvalue weighted by Crippen LogP contribution is 2.16. The van der Waals surface area contributed by atoms with Crippen molar-refractivity contribution in [2.75, 3.05) is 20.1 Å². The second kappa shape index (κ2) is 9.89. The summed E-state index contributed by atoms with van der Waals surface area (Å²) < 4.78 is 5.64. The van der Waals surface area contributed by atoms with Gasteiger partial charge < -0.3 is 15.4 Å². The molecule has 0 heterocycles. The van der Waals surface area contributed by atoms with Gasteiger partial charge in [-0.2, -0.15) is 0 Å². The van der Waals surface area contributed by atoms with E-state index in [1.54, 1.807) is 12.1 Å². The molecule has 0 bridgehead atoms. The summed E-state index contributed by atoms with van der Waals surface area (Å²) in [5, 5.41) is 6.42. The maximum atomic E-state index is 11.4. The number of hydrogen-bond donors (Lipinski definition) is 2. The number of halogens is 2. The predicted octanol–water partition coefficient (Wildman–Crippen LogP) is 2.25. The number of carbonyl (C=O) groups excluding carboxylic acids is 1. The number of rotatable bonds is 7. The van der Waals surface area contributed by atoms with Crippen molar-refractivity contribution in [3.63, 3.8) is 0 Å². The first-order valence-corrected chi connectivity index (χ1v) is 6.33. The fraction of sp³-hybridized carbons (Fsp3) is 0.462. The largest absolute Gasteiger partial charge is 0.489 e. The number of nitrogens with one attached hydrogen (secondary N) is 2. The first-order valence-electron chi connectivity index (χ1n) is 5.95. The molecule has 0 aromatic heterocycles. The highest BCUT2D eigenvalue weighted by Gasteiger charge is 2.06. The fourth-order valence-electron chi connectivity index (χ4n) is 1.37. The second-order valence-electron chi connectivity index (χ2n) is 4.04. The van der Waals surface area contributed by atoms with E-state index in [9.17, 15) is 4.79 Å². The lowest BCUT2D eigenvalue weighted by molar-refractivity contribution is -0.121. The van der Waals surface area contributed by atoms with Gasteiger partial charge in [0, 0.05) is 18.0 Å². The van der Waals surface area contributed by atoms with Crippen molar-refractivity contribution in [3.8, 4) is 5.75 Å². The fourth-order valence-corrected chi connectivity index (χ4v) is 1.50. The van der Waals surface area contributed by atoms with Gasteiger partial charge in [0.25, 0.3) is 0 Å². The average molecular weight is 307 g/mol. The van der Waals surface area contributed by atoms with E-state index in [1.165, 1.54) is 0 Å². The molecule has 0 saturated carbocycles. The summed E-state index contributed by atoms with van der Waals surface area (Å²) in [6.45, 7) is 3.08. The van der Waals surface area contributed by atoms with Crippen molar-refractivity contribution >= 4 is 29.9 Å². The van der Waals surface area contributed by atoms with Crippen LogP contribution in [0, 0.1) is 0 Å². The van der Waals surface area contributed by atoms with Gasteiger partial charge in [0.15, 0.2) is 0 Å². The van der Waals surface area contributed by atoms with E-state index < -0.39 is 0 Å². The molecule has 0 saturated heterocycles. The summed E-state index contributed by atoms with van der Waals surface area (Å²) >= 11 is 5.78. The van der Waals surface area contributed by atoms with Crippen LogP contribution in [0.5, 0.6) is 5.75 Å². The molecule has 1 rings (SSSR count). The minimum absolute atomic E-state index is 0. The summed E-state index contributed by atoms with van der Waals surface area (Å²) in [4.78, 5) is 11.4. The smallest absolute Gasteiger partial charge is 0.221 e. The molecule has 6 heteroatoms. The van der Waals surface area contributed by atoms with Crippen LogP contribution in [0.2, 0.25) is 5.02 Å². The first kappa shape index (κ1) is 18.0. The van der Waals surface area contributed by atoms with Crippen LogP contribution in [0.4, 0.5) is 0 Å². The zero-order chi connectivity index (χ0) is 13.4. The molecule has 1 aromatic rings. The van der Waals surface area contributed by atoms with Crippen LogP contribution >= 0.6 is 24.0 Å². The lowest BCUT2D eigenvalue weighted by Crippen LogP contribution is -2.34. The zero-order valence-electron chi connectivity index (χ0n) is 11.1. The highest BCUT2D eigenvalue weighted by atomic mass is 35.5. The van der Waals surface area contributed by atoms with Crippen LogP contribution < -0.4 is 15.4 Å². The van der Waals surface area contributed by atoms with Gasteiger partial charge in [0.1, 0.15) is 11.9 Å². The zero-order valence-corrected chi connectivity index (χ0v) is 12.7. The minimum atomic E-state index is -0.0790. The van der Waals surface area contributed by atoms with Crippen molar-refractivity contribution < 1.29 is 9.53 Å². The number of amides is 1. The third-order valence-corrected chi connectivity index (χ3v) is 2.59. The second-order valence-corrected chi connectivity index (χ2v) is 4.48. The molecular formula is C13H20Cl2N2O2. The van der Waals surface area contributed by atoms with Crippen LogP contribution in [-0.4, -0.2) is 32.1 Å². The van der Waals surface area contributed by atoms with E-state index in [-0.39, 0.29) is 24.4 Å². The minimum Gasteiger partial charge on any atom is -0.489 e. The van der Waals surface area contributed by atoms with E-state index in [1.807, 2.05) is 26.1 Å². The lowest BCUT2D eigenvalue weighted by Gasteiger charge is -2.15. The van der Waals surface area contributed by atoms with E-state index in [2.05, 4.69) is 10.6 Å². The SMILES string of the molecule is CNCCC(=O)NCC(C)Oc1ccc(Cl)cc1.Cl. The van der Waals surface area contributed by atoms with Gasteiger partial charge in [-0.3, -0.25) is 4.79 Å². The molecule has 1 atom stereocenters. The molecular weight excluding hydrogens is 287 g/mol. The van der Waals surface area contributed by atoms with E-state index in [0.717, 1.165) is 5.75 Å². The van der Waals surface area contributed by atoms with Gasteiger partial charge >= 0.3 is 0 Å². The molecule has 0 radical (unpaired) electrons. The summed E-state index contributed by atoms with van der Waals surface area (Å²) in [6, 6.07) is 7.16. The third-order valence-electron chi connectivity index (χ3n) is 2.34. The van der Waals surface area contributed by atoms with E-state index >= 15 is 0 Å². The summed E-state index contributed by atoms with van der Waals surface area (Å²) in [5.74, 6) is 0.771. The normalized spacial score (nSPS) is 11.3. The quantitative estimate of drug-likeness (QED) is 0.812.